The summed E-state index contributed by atoms with van der Waals surface area (Å²) < 4.78 is 21.1. The number of hydrogen-bond acceptors (Lipinski definition) is 6. The Balaban J connectivity index is 1.63. The van der Waals surface area contributed by atoms with E-state index < -0.39 is 37.1 Å². The fraction of sp³-hybridized carbons (Fsp3) is 0.333. The minimum atomic E-state index is -1.47. The molecule has 4 rings (SSSR count). The Morgan fingerprint density at radius 2 is 1.75 bits per heavy atom. The number of hydrogen-bond donors (Lipinski definition) is 4. The zero-order valence-corrected chi connectivity index (χ0v) is 15.7. The van der Waals surface area contributed by atoms with Crippen LogP contribution in [0.4, 0.5) is 4.39 Å². The maximum absolute atomic E-state index is 14.4. The van der Waals surface area contributed by atoms with Crippen LogP contribution >= 0.6 is 11.3 Å². The van der Waals surface area contributed by atoms with Crippen LogP contribution in [0.2, 0.25) is 0 Å². The molecule has 3 aromatic rings. The highest BCUT2D eigenvalue weighted by Gasteiger charge is 2.44. The van der Waals surface area contributed by atoms with Crippen LogP contribution in [0.25, 0.3) is 10.1 Å². The van der Waals surface area contributed by atoms with Crippen LogP contribution < -0.4 is 0 Å². The molecule has 148 valence electrons. The van der Waals surface area contributed by atoms with Gasteiger partial charge in [-0.1, -0.05) is 24.3 Å². The molecule has 1 fully saturated rings. The van der Waals surface area contributed by atoms with Gasteiger partial charge in [-0.05, 0) is 40.8 Å². The average molecular weight is 404 g/mol. The molecule has 7 heteroatoms. The minimum Gasteiger partial charge on any atom is -0.394 e. The molecule has 1 aliphatic heterocycles. The highest BCUT2D eigenvalue weighted by atomic mass is 32.1. The van der Waals surface area contributed by atoms with Crippen LogP contribution in [0, 0.1) is 5.82 Å². The van der Waals surface area contributed by atoms with E-state index in [9.17, 15) is 24.8 Å². The molecule has 5 nitrogen and oxygen atoms in total. The summed E-state index contributed by atoms with van der Waals surface area (Å²) in [4.78, 5) is 1.01. The summed E-state index contributed by atoms with van der Waals surface area (Å²) in [5, 5.41) is 40.7. The van der Waals surface area contributed by atoms with Crippen LogP contribution in [0.1, 0.15) is 22.1 Å². The molecule has 0 radical (unpaired) electrons. The Bertz CT molecular complexity index is 939. The molecule has 4 N–H and O–H groups in total. The lowest BCUT2D eigenvalue weighted by atomic mass is 9.90. The van der Waals surface area contributed by atoms with E-state index in [1.54, 1.807) is 17.4 Å². The smallest absolute Gasteiger partial charge is 0.126 e. The van der Waals surface area contributed by atoms with E-state index in [1.807, 2.05) is 30.3 Å². The molecule has 2 aromatic carbocycles. The van der Waals surface area contributed by atoms with Crippen molar-refractivity contribution in [1.29, 1.82) is 0 Å². The lowest BCUT2D eigenvalue weighted by Crippen LogP contribution is -2.55. The van der Waals surface area contributed by atoms with Crippen LogP contribution in [-0.2, 0) is 11.2 Å². The molecule has 2 heterocycles. The first-order chi connectivity index (χ1) is 13.5. The number of aliphatic hydroxyl groups is 4. The van der Waals surface area contributed by atoms with Gasteiger partial charge in [-0.3, -0.25) is 0 Å². The fourth-order valence-electron chi connectivity index (χ4n) is 3.60. The maximum Gasteiger partial charge on any atom is 0.126 e. The molecule has 0 saturated carbocycles. The molecule has 1 aromatic heterocycles. The standard InChI is InChI=1S/C21H21FO5S/c22-15-6-5-12(21-20(26)19(25)18(24)16(10-23)27-21)7-13(15)9-14-8-11-3-1-2-4-17(11)28-14/h1-8,16,18-21,23-26H,9-10H2/t16?,18-,19?,20-,21+/m1/s1. The second-order valence-electron chi connectivity index (χ2n) is 7.03. The Morgan fingerprint density at radius 1 is 0.964 bits per heavy atom. The Labute approximate surface area is 165 Å². The van der Waals surface area contributed by atoms with Crippen molar-refractivity contribution in [3.05, 3.63) is 70.4 Å². The van der Waals surface area contributed by atoms with Gasteiger partial charge in [0.25, 0.3) is 0 Å². The van der Waals surface area contributed by atoms with Gasteiger partial charge in [-0.15, -0.1) is 11.3 Å². The predicted octanol–water partition coefficient (Wildman–Crippen LogP) is 2.15. The number of aliphatic hydroxyl groups excluding tert-OH is 4. The third kappa shape index (κ3) is 3.57. The summed E-state index contributed by atoms with van der Waals surface area (Å²) in [6, 6.07) is 14.4. The van der Waals surface area contributed by atoms with Crippen molar-refractivity contribution in [3.8, 4) is 0 Å². The van der Waals surface area contributed by atoms with Gasteiger partial charge in [0, 0.05) is 16.0 Å². The summed E-state index contributed by atoms with van der Waals surface area (Å²) in [6.45, 7) is -0.503. The Hall–Kier alpha value is -1.87. The van der Waals surface area contributed by atoms with E-state index in [0.717, 1.165) is 15.0 Å². The van der Waals surface area contributed by atoms with E-state index in [-0.39, 0.29) is 5.82 Å². The fourth-order valence-corrected chi connectivity index (χ4v) is 4.68. The van der Waals surface area contributed by atoms with Crippen LogP contribution in [-0.4, -0.2) is 51.4 Å². The molecule has 28 heavy (non-hydrogen) atoms. The molecule has 1 aliphatic rings. The first-order valence-corrected chi connectivity index (χ1v) is 9.86. The summed E-state index contributed by atoms with van der Waals surface area (Å²) in [5.74, 6) is -0.370. The van der Waals surface area contributed by atoms with Crippen molar-refractivity contribution in [1.82, 2.24) is 0 Å². The zero-order valence-electron chi connectivity index (χ0n) is 14.9. The highest BCUT2D eigenvalue weighted by molar-refractivity contribution is 7.19. The zero-order chi connectivity index (χ0) is 19.8. The van der Waals surface area contributed by atoms with Gasteiger partial charge in [0.2, 0.25) is 0 Å². The molecule has 0 bridgehead atoms. The molecule has 5 atom stereocenters. The van der Waals surface area contributed by atoms with Crippen molar-refractivity contribution < 1.29 is 29.6 Å². The van der Waals surface area contributed by atoms with E-state index in [1.165, 1.54) is 12.1 Å². The van der Waals surface area contributed by atoms with Gasteiger partial charge < -0.3 is 25.2 Å². The molecule has 2 unspecified atom stereocenters. The Kier molecular flexibility index (Phi) is 5.46. The molecule has 1 saturated heterocycles. The first-order valence-electron chi connectivity index (χ1n) is 9.04. The summed E-state index contributed by atoms with van der Waals surface area (Å²) >= 11 is 1.59. The van der Waals surface area contributed by atoms with Gasteiger partial charge in [0.15, 0.2) is 0 Å². The van der Waals surface area contributed by atoms with E-state index in [4.69, 9.17) is 4.74 Å². The average Bonchev–Trinajstić information content (AvgIpc) is 3.11. The van der Waals surface area contributed by atoms with Gasteiger partial charge in [-0.2, -0.15) is 0 Å². The number of thiophene rings is 1. The normalized spacial score (nSPS) is 28.0. The monoisotopic (exact) mass is 404 g/mol. The molecule has 0 aliphatic carbocycles. The third-order valence-corrected chi connectivity index (χ3v) is 6.25. The van der Waals surface area contributed by atoms with Crippen LogP contribution in [0.15, 0.2) is 48.5 Å². The first kappa shape index (κ1) is 19.4. The lowest BCUT2D eigenvalue weighted by molar-refractivity contribution is -0.231. The second kappa shape index (κ2) is 7.87. The number of ether oxygens (including phenoxy) is 1. The SMILES string of the molecule is OCC1O[C@@H](c2ccc(F)c(Cc3cc4ccccc4s3)c2)[C@H](O)C(O)[C@@H]1O. The molecular formula is C21H21FO5S. The van der Waals surface area contributed by atoms with Crippen molar-refractivity contribution in [3.63, 3.8) is 0 Å². The van der Waals surface area contributed by atoms with Gasteiger partial charge >= 0.3 is 0 Å². The van der Waals surface area contributed by atoms with Crippen molar-refractivity contribution in [2.45, 2.75) is 36.9 Å². The van der Waals surface area contributed by atoms with Gasteiger partial charge in [-0.25, -0.2) is 4.39 Å². The summed E-state index contributed by atoms with van der Waals surface area (Å²) in [6.07, 6.45) is -5.87. The number of fused-ring (bicyclic) bond motifs is 1. The topological polar surface area (TPSA) is 90.2 Å². The third-order valence-electron chi connectivity index (χ3n) is 5.13. The molecule has 0 spiro atoms. The number of benzene rings is 2. The molecular weight excluding hydrogens is 383 g/mol. The number of halogens is 1. The van der Waals surface area contributed by atoms with Gasteiger partial charge in [0.05, 0.1) is 6.61 Å². The lowest BCUT2D eigenvalue weighted by Gasteiger charge is -2.40. The predicted molar refractivity (Wildman–Crippen MR) is 104 cm³/mol. The number of rotatable bonds is 4. The largest absolute Gasteiger partial charge is 0.394 e. The summed E-state index contributed by atoms with van der Waals surface area (Å²) in [7, 11) is 0. The maximum atomic E-state index is 14.4. The van der Waals surface area contributed by atoms with Gasteiger partial charge in [0.1, 0.15) is 36.3 Å². The van der Waals surface area contributed by atoms with Crippen molar-refractivity contribution in [2.24, 2.45) is 0 Å². The van der Waals surface area contributed by atoms with Crippen molar-refractivity contribution >= 4 is 21.4 Å². The summed E-state index contributed by atoms with van der Waals surface area (Å²) in [5.41, 5.74) is 0.926. The molecule has 0 amide bonds. The quantitative estimate of drug-likeness (QED) is 0.535. The highest BCUT2D eigenvalue weighted by Crippen LogP contribution is 2.34. The minimum absolute atomic E-state index is 0.370. The van der Waals surface area contributed by atoms with E-state index in [2.05, 4.69) is 0 Å². The van der Waals surface area contributed by atoms with Crippen LogP contribution in [0.5, 0.6) is 0 Å². The van der Waals surface area contributed by atoms with Crippen molar-refractivity contribution in [2.75, 3.05) is 6.61 Å². The second-order valence-corrected chi connectivity index (χ2v) is 8.20. The van der Waals surface area contributed by atoms with E-state index >= 15 is 0 Å². The van der Waals surface area contributed by atoms with E-state index in [0.29, 0.717) is 17.5 Å². The Morgan fingerprint density at radius 3 is 2.50 bits per heavy atom. The van der Waals surface area contributed by atoms with Crippen LogP contribution in [0.3, 0.4) is 0 Å².